The summed E-state index contributed by atoms with van der Waals surface area (Å²) in [6, 6.07) is 4.38. The SMILES string of the molecule is CCCCOc1cc(C)c(C2=NN(CCCCBr)C(=O)CC2)cc1C(C)C. The lowest BCUT2D eigenvalue weighted by molar-refractivity contribution is -0.131. The van der Waals surface area contributed by atoms with Gasteiger partial charge in [-0.15, -0.1) is 0 Å². The number of nitrogens with zero attached hydrogens (tertiary/aromatic N) is 2. The lowest BCUT2D eigenvalue weighted by Gasteiger charge is -2.25. The molecule has 1 amide bonds. The molecule has 5 heteroatoms. The lowest BCUT2D eigenvalue weighted by atomic mass is 9.92. The molecule has 1 aromatic rings. The molecule has 0 fully saturated rings. The van der Waals surface area contributed by atoms with Gasteiger partial charge in [-0.1, -0.05) is 43.1 Å². The summed E-state index contributed by atoms with van der Waals surface area (Å²) < 4.78 is 6.06. The van der Waals surface area contributed by atoms with Gasteiger partial charge in [0.25, 0.3) is 0 Å². The van der Waals surface area contributed by atoms with E-state index >= 15 is 0 Å². The van der Waals surface area contributed by atoms with E-state index in [-0.39, 0.29) is 5.91 Å². The highest BCUT2D eigenvalue weighted by molar-refractivity contribution is 9.09. The van der Waals surface area contributed by atoms with Crippen LogP contribution < -0.4 is 4.74 Å². The predicted molar refractivity (Wildman–Crippen MR) is 116 cm³/mol. The molecule has 4 nitrogen and oxygen atoms in total. The fourth-order valence-electron chi connectivity index (χ4n) is 3.24. The summed E-state index contributed by atoms with van der Waals surface area (Å²) in [5, 5.41) is 7.34. The summed E-state index contributed by atoms with van der Waals surface area (Å²) in [7, 11) is 0. The molecule has 1 aliphatic rings. The molecule has 1 aromatic carbocycles. The van der Waals surface area contributed by atoms with Crippen LogP contribution in [0.5, 0.6) is 5.75 Å². The summed E-state index contributed by atoms with van der Waals surface area (Å²) >= 11 is 3.45. The molecular formula is C22H33BrN2O2. The van der Waals surface area contributed by atoms with Crippen molar-refractivity contribution in [2.75, 3.05) is 18.5 Å². The first-order valence-electron chi connectivity index (χ1n) is 10.2. The highest BCUT2D eigenvalue weighted by Gasteiger charge is 2.23. The lowest BCUT2D eigenvalue weighted by Crippen LogP contribution is -2.33. The number of benzene rings is 1. The number of alkyl halides is 1. The first-order valence-corrected chi connectivity index (χ1v) is 11.3. The molecule has 0 bridgehead atoms. The molecule has 0 saturated heterocycles. The standard InChI is InChI=1S/C22H33BrN2O2/c1-5-6-13-27-21-14-17(4)19(15-18(21)16(2)3)20-9-10-22(26)25(24-20)12-8-7-11-23/h14-16H,5-13H2,1-4H3. The Labute approximate surface area is 172 Å². The van der Waals surface area contributed by atoms with Crippen LogP contribution in [0.4, 0.5) is 0 Å². The Morgan fingerprint density at radius 3 is 2.67 bits per heavy atom. The Morgan fingerprint density at radius 2 is 2.00 bits per heavy atom. The predicted octanol–water partition coefficient (Wildman–Crippen LogP) is 5.80. The van der Waals surface area contributed by atoms with Crippen molar-refractivity contribution in [3.05, 3.63) is 28.8 Å². The summed E-state index contributed by atoms with van der Waals surface area (Å²) in [5.41, 5.74) is 4.56. The van der Waals surface area contributed by atoms with Crippen LogP contribution in [0.2, 0.25) is 0 Å². The Balaban J connectivity index is 2.29. The zero-order valence-electron chi connectivity index (χ0n) is 17.2. The fraction of sp³-hybridized carbons (Fsp3) is 0.636. The molecule has 150 valence electrons. The molecule has 0 aromatic heterocycles. The van der Waals surface area contributed by atoms with Gasteiger partial charge >= 0.3 is 0 Å². The summed E-state index contributed by atoms with van der Waals surface area (Å²) in [4.78, 5) is 12.2. The first-order chi connectivity index (χ1) is 13.0. The van der Waals surface area contributed by atoms with Gasteiger partial charge in [0.05, 0.1) is 12.3 Å². The molecule has 0 spiro atoms. The number of halogens is 1. The van der Waals surface area contributed by atoms with E-state index in [1.165, 1.54) is 11.1 Å². The highest BCUT2D eigenvalue weighted by Crippen LogP contribution is 2.31. The molecule has 27 heavy (non-hydrogen) atoms. The molecular weight excluding hydrogens is 404 g/mol. The Kier molecular flexibility index (Phi) is 8.81. The second-order valence-electron chi connectivity index (χ2n) is 7.52. The molecule has 0 radical (unpaired) electrons. The second kappa shape index (κ2) is 10.8. The molecule has 0 atom stereocenters. The number of ether oxygens (including phenoxy) is 1. The third kappa shape index (κ3) is 6.06. The van der Waals surface area contributed by atoms with Crippen LogP contribution >= 0.6 is 15.9 Å². The molecule has 2 rings (SSSR count). The van der Waals surface area contributed by atoms with Crippen molar-refractivity contribution in [2.24, 2.45) is 5.10 Å². The number of unbranched alkanes of at least 4 members (excludes halogenated alkanes) is 2. The van der Waals surface area contributed by atoms with Crippen molar-refractivity contribution in [3.8, 4) is 5.75 Å². The number of carbonyl (C=O) groups excluding carboxylic acids is 1. The largest absolute Gasteiger partial charge is 0.493 e. The molecule has 1 aliphatic heterocycles. The van der Waals surface area contributed by atoms with Crippen molar-refractivity contribution in [2.45, 2.75) is 72.1 Å². The van der Waals surface area contributed by atoms with E-state index in [2.05, 4.69) is 55.8 Å². The second-order valence-corrected chi connectivity index (χ2v) is 8.31. The molecule has 0 N–H and O–H groups in total. The van der Waals surface area contributed by atoms with Crippen LogP contribution in [0.15, 0.2) is 17.2 Å². The minimum atomic E-state index is 0.134. The number of amides is 1. The summed E-state index contributed by atoms with van der Waals surface area (Å²) in [5.74, 6) is 1.50. The van der Waals surface area contributed by atoms with E-state index < -0.39 is 0 Å². The van der Waals surface area contributed by atoms with Gasteiger partial charge in [0, 0.05) is 30.3 Å². The van der Waals surface area contributed by atoms with E-state index in [4.69, 9.17) is 9.84 Å². The van der Waals surface area contributed by atoms with Gasteiger partial charge in [-0.05, 0) is 55.4 Å². The molecule has 0 saturated carbocycles. The highest BCUT2D eigenvalue weighted by atomic mass is 79.9. The number of rotatable bonds is 10. The Bertz CT molecular complexity index is 671. The smallest absolute Gasteiger partial charge is 0.243 e. The van der Waals surface area contributed by atoms with Gasteiger partial charge in [0.2, 0.25) is 5.91 Å². The quantitative estimate of drug-likeness (QED) is 0.343. The zero-order valence-corrected chi connectivity index (χ0v) is 18.8. The van der Waals surface area contributed by atoms with Crippen LogP contribution in [0.3, 0.4) is 0 Å². The van der Waals surface area contributed by atoms with Gasteiger partial charge in [-0.2, -0.15) is 5.10 Å². The Hall–Kier alpha value is -1.36. The maximum atomic E-state index is 12.2. The molecule has 1 heterocycles. The summed E-state index contributed by atoms with van der Waals surface area (Å²) in [6.07, 6.45) is 5.46. The summed E-state index contributed by atoms with van der Waals surface area (Å²) in [6.45, 7) is 10.1. The maximum absolute atomic E-state index is 12.2. The van der Waals surface area contributed by atoms with Crippen molar-refractivity contribution in [1.29, 1.82) is 0 Å². The van der Waals surface area contributed by atoms with Gasteiger partial charge in [-0.25, -0.2) is 5.01 Å². The van der Waals surface area contributed by atoms with Crippen LogP contribution in [0.25, 0.3) is 0 Å². The average molecular weight is 437 g/mol. The monoisotopic (exact) mass is 436 g/mol. The van der Waals surface area contributed by atoms with Crippen LogP contribution in [0, 0.1) is 6.92 Å². The van der Waals surface area contributed by atoms with Crippen molar-refractivity contribution < 1.29 is 9.53 Å². The minimum absolute atomic E-state index is 0.134. The van der Waals surface area contributed by atoms with Gasteiger partial charge in [0.1, 0.15) is 5.75 Å². The third-order valence-corrected chi connectivity index (χ3v) is 5.46. The van der Waals surface area contributed by atoms with Crippen molar-refractivity contribution >= 4 is 27.5 Å². The normalized spacial score (nSPS) is 14.7. The van der Waals surface area contributed by atoms with Crippen LogP contribution in [0.1, 0.15) is 81.9 Å². The van der Waals surface area contributed by atoms with E-state index in [0.717, 1.165) is 54.6 Å². The van der Waals surface area contributed by atoms with Crippen molar-refractivity contribution in [3.63, 3.8) is 0 Å². The van der Waals surface area contributed by atoms with Gasteiger partial charge in [0.15, 0.2) is 0 Å². The topological polar surface area (TPSA) is 41.9 Å². The number of hydrazone groups is 1. The van der Waals surface area contributed by atoms with Gasteiger partial charge in [-0.3, -0.25) is 4.79 Å². The van der Waals surface area contributed by atoms with Crippen molar-refractivity contribution in [1.82, 2.24) is 5.01 Å². The number of carbonyl (C=O) groups is 1. The van der Waals surface area contributed by atoms with E-state index in [1.807, 2.05) is 0 Å². The minimum Gasteiger partial charge on any atom is -0.493 e. The molecule has 0 aliphatic carbocycles. The fourth-order valence-corrected chi connectivity index (χ4v) is 3.63. The number of aryl methyl sites for hydroxylation is 1. The van der Waals surface area contributed by atoms with E-state index in [1.54, 1.807) is 5.01 Å². The number of hydrogen-bond acceptors (Lipinski definition) is 3. The zero-order chi connectivity index (χ0) is 19.8. The Morgan fingerprint density at radius 1 is 1.22 bits per heavy atom. The third-order valence-electron chi connectivity index (χ3n) is 4.90. The number of hydrogen-bond donors (Lipinski definition) is 0. The van der Waals surface area contributed by atoms with Crippen LogP contribution in [-0.2, 0) is 4.79 Å². The first kappa shape index (κ1) is 21.9. The maximum Gasteiger partial charge on any atom is 0.243 e. The van der Waals surface area contributed by atoms with E-state index in [9.17, 15) is 4.79 Å². The van der Waals surface area contributed by atoms with E-state index in [0.29, 0.717) is 25.3 Å². The van der Waals surface area contributed by atoms with Crippen LogP contribution in [-0.4, -0.2) is 35.1 Å². The average Bonchev–Trinajstić information content (AvgIpc) is 2.64. The van der Waals surface area contributed by atoms with Gasteiger partial charge < -0.3 is 4.74 Å². The molecule has 0 unspecified atom stereocenters.